The van der Waals surface area contributed by atoms with Crippen LogP contribution in [0.4, 0.5) is 4.79 Å². The summed E-state index contributed by atoms with van der Waals surface area (Å²) >= 11 is 0. The second-order valence-corrected chi connectivity index (χ2v) is 11.6. The molecule has 1 atom stereocenters. The second-order valence-electron chi connectivity index (χ2n) is 9.93. The van der Waals surface area contributed by atoms with Crippen molar-refractivity contribution in [1.82, 2.24) is 9.29 Å². The number of nitrogens with one attached hydrogen (secondary N) is 1. The van der Waals surface area contributed by atoms with Gasteiger partial charge in [-0.3, -0.25) is 0 Å². The van der Waals surface area contributed by atoms with E-state index in [1.54, 1.807) is 34.9 Å². The first kappa shape index (κ1) is 23.3. The SMILES string of the molecule is CC(C)(C)OC(=O)n1c(-c2ccc3c(c2)C[C@@H](NS(=O)(=O)c2ccccc2)C3)cc2ccccc21. The molecule has 0 saturated heterocycles. The van der Waals surface area contributed by atoms with Crippen LogP contribution in [0.3, 0.4) is 0 Å². The molecule has 7 heteroatoms. The minimum Gasteiger partial charge on any atom is -0.443 e. The van der Waals surface area contributed by atoms with Crippen LogP contribution in [0.25, 0.3) is 22.2 Å². The van der Waals surface area contributed by atoms with Crippen molar-refractivity contribution in [1.29, 1.82) is 0 Å². The molecule has 0 unspecified atom stereocenters. The molecular weight excluding hydrogens is 460 g/mol. The summed E-state index contributed by atoms with van der Waals surface area (Å²) in [6.07, 6.45) is 0.779. The topological polar surface area (TPSA) is 77.4 Å². The maximum Gasteiger partial charge on any atom is 0.419 e. The first-order valence-corrected chi connectivity index (χ1v) is 13.1. The van der Waals surface area contributed by atoms with E-state index in [2.05, 4.69) is 10.8 Å². The highest BCUT2D eigenvalue weighted by Crippen LogP contribution is 2.33. The van der Waals surface area contributed by atoms with Gasteiger partial charge in [0.1, 0.15) is 5.60 Å². The van der Waals surface area contributed by atoms with Crippen molar-refractivity contribution in [2.24, 2.45) is 0 Å². The fraction of sp³-hybridized carbons (Fsp3) is 0.250. The number of ether oxygens (including phenoxy) is 1. The lowest BCUT2D eigenvalue weighted by Crippen LogP contribution is -2.35. The van der Waals surface area contributed by atoms with Crippen molar-refractivity contribution < 1.29 is 17.9 Å². The number of nitrogens with zero attached hydrogens (tertiary/aromatic N) is 1. The van der Waals surface area contributed by atoms with Crippen LogP contribution >= 0.6 is 0 Å². The second kappa shape index (κ2) is 8.66. The van der Waals surface area contributed by atoms with Crippen molar-refractivity contribution >= 4 is 27.0 Å². The van der Waals surface area contributed by atoms with Crippen LogP contribution in [-0.4, -0.2) is 30.7 Å². The summed E-state index contributed by atoms with van der Waals surface area (Å²) in [4.78, 5) is 13.4. The molecule has 0 spiro atoms. The molecule has 0 radical (unpaired) electrons. The number of para-hydroxylation sites is 1. The van der Waals surface area contributed by atoms with Crippen molar-refractivity contribution in [3.05, 3.63) is 90.0 Å². The van der Waals surface area contributed by atoms with E-state index in [1.807, 2.05) is 63.2 Å². The zero-order valence-electron chi connectivity index (χ0n) is 20.0. The number of sulfonamides is 1. The van der Waals surface area contributed by atoms with Gasteiger partial charge in [-0.15, -0.1) is 0 Å². The van der Waals surface area contributed by atoms with Crippen molar-refractivity contribution in [2.75, 3.05) is 0 Å². The lowest BCUT2D eigenvalue weighted by Gasteiger charge is -2.21. The molecule has 35 heavy (non-hydrogen) atoms. The number of benzene rings is 3. The van der Waals surface area contributed by atoms with E-state index in [4.69, 9.17) is 4.74 Å². The lowest BCUT2D eigenvalue weighted by molar-refractivity contribution is 0.0547. The van der Waals surface area contributed by atoms with Crippen LogP contribution in [-0.2, 0) is 27.6 Å². The van der Waals surface area contributed by atoms with E-state index in [-0.39, 0.29) is 10.9 Å². The molecule has 1 aromatic heterocycles. The van der Waals surface area contributed by atoms with Gasteiger partial charge in [-0.25, -0.2) is 22.5 Å². The summed E-state index contributed by atoms with van der Waals surface area (Å²) in [7, 11) is -3.59. The number of hydrogen-bond donors (Lipinski definition) is 1. The number of rotatable bonds is 4. The van der Waals surface area contributed by atoms with E-state index in [0.29, 0.717) is 12.8 Å². The summed E-state index contributed by atoms with van der Waals surface area (Å²) < 4.78 is 35.8. The molecule has 0 saturated carbocycles. The molecule has 1 N–H and O–H groups in total. The van der Waals surface area contributed by atoms with Gasteiger partial charge in [0.05, 0.1) is 16.1 Å². The largest absolute Gasteiger partial charge is 0.443 e. The summed E-state index contributed by atoms with van der Waals surface area (Å²) in [6, 6.07) is 24.0. The van der Waals surface area contributed by atoms with Gasteiger partial charge in [0.25, 0.3) is 0 Å². The van der Waals surface area contributed by atoms with Gasteiger partial charge < -0.3 is 4.74 Å². The van der Waals surface area contributed by atoms with E-state index in [1.165, 1.54) is 0 Å². The predicted molar refractivity (Wildman–Crippen MR) is 137 cm³/mol. The summed E-state index contributed by atoms with van der Waals surface area (Å²) in [5.41, 5.74) is 3.97. The molecule has 0 fully saturated rings. The predicted octanol–water partition coefficient (Wildman–Crippen LogP) is 5.54. The molecule has 1 heterocycles. The molecule has 6 nitrogen and oxygen atoms in total. The van der Waals surface area contributed by atoms with Crippen LogP contribution in [0.2, 0.25) is 0 Å². The van der Waals surface area contributed by atoms with Crippen molar-refractivity contribution in [2.45, 2.75) is 50.2 Å². The molecule has 4 aromatic rings. The third kappa shape index (κ3) is 4.74. The Kier molecular flexibility index (Phi) is 5.77. The van der Waals surface area contributed by atoms with Crippen LogP contribution < -0.4 is 4.72 Å². The first-order chi connectivity index (χ1) is 16.6. The van der Waals surface area contributed by atoms with E-state index >= 15 is 0 Å². The normalized spacial score (nSPS) is 15.8. The van der Waals surface area contributed by atoms with Crippen LogP contribution in [0.5, 0.6) is 0 Å². The lowest BCUT2D eigenvalue weighted by atomic mass is 10.0. The molecule has 3 aromatic carbocycles. The molecular formula is C28H28N2O4S. The smallest absolute Gasteiger partial charge is 0.419 e. The summed E-state index contributed by atoms with van der Waals surface area (Å²) in [6.45, 7) is 5.55. The van der Waals surface area contributed by atoms with Gasteiger partial charge >= 0.3 is 6.09 Å². The van der Waals surface area contributed by atoms with Crippen LogP contribution in [0.1, 0.15) is 31.9 Å². The minimum atomic E-state index is -3.59. The van der Waals surface area contributed by atoms with Crippen molar-refractivity contribution in [3.63, 3.8) is 0 Å². The average molecular weight is 489 g/mol. The summed E-state index contributed by atoms with van der Waals surface area (Å²) in [5, 5.41) is 0.947. The molecule has 0 amide bonds. The molecule has 0 bridgehead atoms. The zero-order chi connectivity index (χ0) is 24.8. The Morgan fingerprint density at radius 2 is 1.60 bits per heavy atom. The number of aromatic nitrogens is 1. The highest BCUT2D eigenvalue weighted by atomic mass is 32.2. The Bertz CT molecular complexity index is 1520. The van der Waals surface area contributed by atoms with Gasteiger partial charge in [-0.1, -0.05) is 48.5 Å². The highest BCUT2D eigenvalue weighted by molar-refractivity contribution is 7.89. The molecule has 5 rings (SSSR count). The number of carbonyl (C=O) groups excluding carboxylic acids is 1. The fourth-order valence-electron chi connectivity index (χ4n) is 4.62. The van der Waals surface area contributed by atoms with Gasteiger partial charge in [-0.2, -0.15) is 0 Å². The maximum absolute atomic E-state index is 13.2. The number of hydrogen-bond acceptors (Lipinski definition) is 4. The highest BCUT2D eigenvalue weighted by Gasteiger charge is 2.28. The number of fused-ring (bicyclic) bond motifs is 2. The Morgan fingerprint density at radius 1 is 0.914 bits per heavy atom. The van der Waals surface area contributed by atoms with E-state index < -0.39 is 21.7 Å². The quantitative estimate of drug-likeness (QED) is 0.409. The summed E-state index contributed by atoms with van der Waals surface area (Å²) in [5.74, 6) is 0. The Morgan fingerprint density at radius 3 is 2.34 bits per heavy atom. The Labute approximate surface area is 205 Å². The van der Waals surface area contributed by atoms with Crippen LogP contribution in [0.15, 0.2) is 83.8 Å². The first-order valence-electron chi connectivity index (χ1n) is 11.6. The average Bonchev–Trinajstić information content (AvgIpc) is 3.38. The van der Waals surface area contributed by atoms with Gasteiger partial charge in [0.15, 0.2) is 0 Å². The van der Waals surface area contributed by atoms with Gasteiger partial charge in [0, 0.05) is 11.4 Å². The van der Waals surface area contributed by atoms with Crippen molar-refractivity contribution in [3.8, 4) is 11.3 Å². The van der Waals surface area contributed by atoms with Gasteiger partial charge in [-0.05, 0) is 80.6 Å². The standard InChI is InChI=1S/C28H28N2O4S/c1-28(2,3)34-27(31)30-25-12-8-7-9-20(25)18-26(30)21-14-13-19-16-23(17-22(19)15-21)29-35(32,33)24-10-5-4-6-11-24/h4-15,18,23,29H,16-17H2,1-3H3/t23-/m0/s1. The maximum atomic E-state index is 13.2. The Hall–Kier alpha value is -3.42. The monoisotopic (exact) mass is 488 g/mol. The number of carbonyl (C=O) groups is 1. The zero-order valence-corrected chi connectivity index (χ0v) is 20.8. The van der Waals surface area contributed by atoms with Gasteiger partial charge in [0.2, 0.25) is 10.0 Å². The van der Waals surface area contributed by atoms with Crippen LogP contribution in [0, 0.1) is 0 Å². The minimum absolute atomic E-state index is 0.220. The third-order valence-electron chi connectivity index (χ3n) is 6.10. The Balaban J connectivity index is 1.46. The molecule has 1 aliphatic rings. The molecule has 0 aliphatic heterocycles. The third-order valence-corrected chi connectivity index (χ3v) is 7.63. The fourth-order valence-corrected chi connectivity index (χ4v) is 5.88. The molecule has 180 valence electrons. The molecule has 1 aliphatic carbocycles. The van der Waals surface area contributed by atoms with E-state index in [0.717, 1.165) is 33.3 Å². The van der Waals surface area contributed by atoms with E-state index in [9.17, 15) is 13.2 Å².